The smallest absolute Gasteiger partial charge is 0.266 e. The van der Waals surface area contributed by atoms with E-state index in [1.54, 1.807) is 12.2 Å². The number of aryl methyl sites for hydroxylation is 1. The molecular formula is C17H15N3O2S. The summed E-state index contributed by atoms with van der Waals surface area (Å²) in [6.07, 6.45) is 3.16. The lowest BCUT2D eigenvalue weighted by molar-refractivity contribution is -0.128. The van der Waals surface area contributed by atoms with Crippen molar-refractivity contribution in [2.45, 2.75) is 0 Å². The van der Waals surface area contributed by atoms with E-state index in [1.807, 2.05) is 41.9 Å². The average molecular weight is 325 g/mol. The van der Waals surface area contributed by atoms with E-state index in [1.165, 1.54) is 4.90 Å². The van der Waals surface area contributed by atoms with Gasteiger partial charge in [-0.25, -0.2) is 0 Å². The first-order valence-electron chi connectivity index (χ1n) is 7.07. The summed E-state index contributed by atoms with van der Waals surface area (Å²) in [4.78, 5) is 26.0. The van der Waals surface area contributed by atoms with Crippen molar-refractivity contribution in [3.05, 3.63) is 54.3 Å². The molecule has 2 amide bonds. The number of amides is 2. The molecular weight excluding hydrogens is 310 g/mol. The average Bonchev–Trinajstić information content (AvgIpc) is 2.84. The van der Waals surface area contributed by atoms with Gasteiger partial charge in [-0.15, -0.1) is 6.58 Å². The van der Waals surface area contributed by atoms with Gasteiger partial charge in [-0.2, -0.15) is 0 Å². The second-order valence-corrected chi connectivity index (χ2v) is 5.60. The lowest BCUT2D eigenvalue weighted by atomic mass is 10.1. The topological polar surface area (TPSA) is 54.3 Å². The Morgan fingerprint density at radius 3 is 2.74 bits per heavy atom. The van der Waals surface area contributed by atoms with Crippen LogP contribution < -0.4 is 5.32 Å². The summed E-state index contributed by atoms with van der Waals surface area (Å²) in [5.74, 6) is -0.894. The Kier molecular flexibility index (Phi) is 3.83. The summed E-state index contributed by atoms with van der Waals surface area (Å²) in [5.41, 5.74) is 1.86. The molecule has 116 valence electrons. The Morgan fingerprint density at radius 1 is 1.30 bits per heavy atom. The number of carbonyl (C=O) groups is 2. The minimum atomic E-state index is -0.481. The van der Waals surface area contributed by atoms with Crippen LogP contribution in [0.5, 0.6) is 0 Å². The zero-order valence-corrected chi connectivity index (χ0v) is 13.4. The van der Waals surface area contributed by atoms with Crippen LogP contribution in [0.2, 0.25) is 0 Å². The zero-order chi connectivity index (χ0) is 16.6. The van der Waals surface area contributed by atoms with E-state index in [2.05, 4.69) is 11.9 Å². The third kappa shape index (κ3) is 2.57. The summed E-state index contributed by atoms with van der Waals surface area (Å²) < 4.78 is 1.94. The number of aromatic nitrogens is 1. The highest BCUT2D eigenvalue weighted by Crippen LogP contribution is 2.21. The maximum Gasteiger partial charge on any atom is 0.266 e. The second kappa shape index (κ2) is 5.81. The van der Waals surface area contributed by atoms with Gasteiger partial charge in [0.05, 0.1) is 0 Å². The molecule has 0 bridgehead atoms. The van der Waals surface area contributed by atoms with Crippen LogP contribution in [0, 0.1) is 0 Å². The molecule has 3 rings (SSSR count). The predicted octanol–water partition coefficient (Wildman–Crippen LogP) is 1.99. The zero-order valence-electron chi connectivity index (χ0n) is 12.6. The van der Waals surface area contributed by atoms with E-state index in [0.717, 1.165) is 16.6 Å². The highest BCUT2D eigenvalue weighted by Gasteiger charge is 2.32. The van der Waals surface area contributed by atoms with Crippen LogP contribution >= 0.6 is 12.2 Å². The van der Waals surface area contributed by atoms with Crippen LogP contribution in [-0.2, 0) is 16.6 Å². The summed E-state index contributed by atoms with van der Waals surface area (Å²) in [6.45, 7) is 3.86. The number of rotatable bonds is 3. The van der Waals surface area contributed by atoms with Gasteiger partial charge in [0.15, 0.2) is 5.11 Å². The van der Waals surface area contributed by atoms with Crippen molar-refractivity contribution in [1.82, 2.24) is 14.8 Å². The van der Waals surface area contributed by atoms with Crippen molar-refractivity contribution < 1.29 is 9.59 Å². The van der Waals surface area contributed by atoms with Gasteiger partial charge in [-0.3, -0.25) is 19.8 Å². The van der Waals surface area contributed by atoms with Gasteiger partial charge >= 0.3 is 0 Å². The Balaban J connectivity index is 2.07. The number of benzene rings is 1. The van der Waals surface area contributed by atoms with Crippen molar-refractivity contribution in [3.8, 4) is 0 Å². The highest BCUT2D eigenvalue weighted by molar-refractivity contribution is 7.80. The molecule has 0 atom stereocenters. The molecule has 2 heterocycles. The summed E-state index contributed by atoms with van der Waals surface area (Å²) in [7, 11) is 1.89. The molecule has 1 saturated heterocycles. The summed E-state index contributed by atoms with van der Waals surface area (Å²) in [6, 6.07) is 9.80. The Bertz CT molecular complexity index is 879. The monoisotopic (exact) mass is 325 g/mol. The van der Waals surface area contributed by atoms with Gasteiger partial charge in [0, 0.05) is 30.2 Å². The minimum Gasteiger partial charge on any atom is -0.344 e. The third-order valence-electron chi connectivity index (χ3n) is 3.78. The van der Waals surface area contributed by atoms with E-state index in [-0.39, 0.29) is 17.2 Å². The first-order chi connectivity index (χ1) is 11.0. The molecule has 1 fully saturated rings. The number of hydrogen-bond acceptors (Lipinski definition) is 3. The maximum absolute atomic E-state index is 12.5. The van der Waals surface area contributed by atoms with Crippen LogP contribution in [0.25, 0.3) is 17.0 Å². The van der Waals surface area contributed by atoms with Crippen LogP contribution in [0.1, 0.15) is 5.69 Å². The number of thiocarbonyl (C=S) groups is 1. The first kappa shape index (κ1) is 15.2. The number of carbonyl (C=O) groups excluding carboxylic acids is 2. The molecule has 0 spiro atoms. The Hall–Kier alpha value is -2.73. The second-order valence-electron chi connectivity index (χ2n) is 5.21. The molecule has 0 unspecified atom stereocenters. The van der Waals surface area contributed by atoms with Gasteiger partial charge in [0.2, 0.25) is 0 Å². The van der Waals surface area contributed by atoms with Gasteiger partial charge in [-0.1, -0.05) is 24.3 Å². The van der Waals surface area contributed by atoms with Gasteiger partial charge < -0.3 is 4.57 Å². The molecule has 1 aliphatic rings. The Labute approximate surface area is 138 Å². The molecule has 1 aromatic heterocycles. The number of hydrogen-bond donors (Lipinski definition) is 1. The number of fused-ring (bicyclic) bond motifs is 1. The molecule has 0 aliphatic carbocycles. The molecule has 0 radical (unpaired) electrons. The van der Waals surface area contributed by atoms with Gasteiger partial charge in [-0.05, 0) is 30.4 Å². The SMILES string of the molecule is C=CCN1C(=O)/C(=C\c2cc3ccccc3n2C)C(=O)NC1=S. The van der Waals surface area contributed by atoms with E-state index < -0.39 is 11.8 Å². The van der Waals surface area contributed by atoms with Crippen LogP contribution in [0.3, 0.4) is 0 Å². The Morgan fingerprint density at radius 2 is 2.04 bits per heavy atom. The predicted molar refractivity (Wildman–Crippen MR) is 93.5 cm³/mol. The normalized spacial score (nSPS) is 17.0. The fourth-order valence-corrected chi connectivity index (χ4v) is 2.84. The largest absolute Gasteiger partial charge is 0.344 e. The minimum absolute atomic E-state index is 0.0614. The molecule has 6 heteroatoms. The highest BCUT2D eigenvalue weighted by atomic mass is 32.1. The quantitative estimate of drug-likeness (QED) is 0.406. The standard InChI is InChI=1S/C17H15N3O2S/c1-3-8-20-16(22)13(15(21)18-17(20)23)10-12-9-11-6-4-5-7-14(11)19(12)2/h3-7,9-10H,1,8H2,2H3,(H,18,21,23)/b13-10-. The van der Waals surface area contributed by atoms with E-state index in [9.17, 15) is 9.59 Å². The van der Waals surface area contributed by atoms with Gasteiger partial charge in [0.25, 0.3) is 11.8 Å². The maximum atomic E-state index is 12.5. The van der Waals surface area contributed by atoms with Crippen LogP contribution in [-0.4, -0.2) is 32.9 Å². The van der Waals surface area contributed by atoms with Crippen molar-refractivity contribution in [1.29, 1.82) is 0 Å². The van der Waals surface area contributed by atoms with Crippen molar-refractivity contribution in [2.24, 2.45) is 7.05 Å². The lowest BCUT2D eigenvalue weighted by Gasteiger charge is -2.27. The third-order valence-corrected chi connectivity index (χ3v) is 4.10. The summed E-state index contributed by atoms with van der Waals surface area (Å²) in [5, 5.41) is 3.69. The molecule has 1 aliphatic heterocycles. The number of nitrogens with zero attached hydrogens (tertiary/aromatic N) is 2. The lowest BCUT2D eigenvalue weighted by Crippen LogP contribution is -2.53. The van der Waals surface area contributed by atoms with Crippen molar-refractivity contribution in [3.63, 3.8) is 0 Å². The van der Waals surface area contributed by atoms with Gasteiger partial charge in [0.1, 0.15) is 5.57 Å². The number of nitrogens with one attached hydrogen (secondary N) is 1. The first-order valence-corrected chi connectivity index (χ1v) is 7.48. The van der Waals surface area contributed by atoms with Crippen molar-refractivity contribution in [2.75, 3.05) is 6.54 Å². The van der Waals surface area contributed by atoms with E-state index >= 15 is 0 Å². The van der Waals surface area contributed by atoms with E-state index in [4.69, 9.17) is 12.2 Å². The molecule has 1 N–H and O–H groups in total. The van der Waals surface area contributed by atoms with Crippen molar-refractivity contribution >= 4 is 46.1 Å². The van der Waals surface area contributed by atoms with Crippen LogP contribution in [0.4, 0.5) is 0 Å². The molecule has 1 aromatic carbocycles. The molecule has 0 saturated carbocycles. The fourth-order valence-electron chi connectivity index (χ4n) is 2.59. The van der Waals surface area contributed by atoms with Crippen LogP contribution in [0.15, 0.2) is 48.6 Å². The number of para-hydroxylation sites is 1. The van der Waals surface area contributed by atoms with E-state index in [0.29, 0.717) is 0 Å². The summed E-state index contributed by atoms with van der Waals surface area (Å²) >= 11 is 5.04. The molecule has 2 aromatic rings. The molecule has 23 heavy (non-hydrogen) atoms. The fraction of sp³-hybridized carbons (Fsp3) is 0.118. The molecule has 5 nitrogen and oxygen atoms in total.